The summed E-state index contributed by atoms with van der Waals surface area (Å²) >= 11 is 0. The zero-order valence-corrected chi connectivity index (χ0v) is 9.91. The molecular weight excluding hydrogens is 271 g/mol. The Bertz CT molecular complexity index is 665. The van der Waals surface area contributed by atoms with E-state index < -0.39 is 16.4 Å². The van der Waals surface area contributed by atoms with Gasteiger partial charge in [0.1, 0.15) is 11.6 Å². The Kier molecular flexibility index (Phi) is 3.57. The van der Waals surface area contributed by atoms with E-state index in [1.54, 1.807) is 0 Å². The van der Waals surface area contributed by atoms with E-state index >= 15 is 0 Å². The summed E-state index contributed by atoms with van der Waals surface area (Å²) in [5.74, 6) is 4.19. The lowest BCUT2D eigenvalue weighted by Gasteiger charge is -2.07. The number of halogens is 1. The van der Waals surface area contributed by atoms with E-state index in [1.165, 1.54) is 6.07 Å². The highest BCUT2D eigenvalue weighted by Gasteiger charge is 2.18. The molecule has 0 aliphatic heterocycles. The number of nitro benzene ring substituents is 1. The summed E-state index contributed by atoms with van der Waals surface area (Å²) in [6.07, 6.45) is 0. The lowest BCUT2D eigenvalue weighted by Crippen LogP contribution is -2.10. The predicted octanol–water partition coefficient (Wildman–Crippen LogP) is 1.18. The van der Waals surface area contributed by atoms with Crippen molar-refractivity contribution >= 4 is 17.5 Å². The summed E-state index contributed by atoms with van der Waals surface area (Å²) in [7, 11) is 0. The summed E-state index contributed by atoms with van der Waals surface area (Å²) < 4.78 is 18.2. The minimum Gasteiger partial charge on any atom is -0.432 e. The highest BCUT2D eigenvalue weighted by Crippen LogP contribution is 2.31. The number of nitrogens with one attached hydrogen (secondary N) is 1. The molecule has 0 saturated carbocycles. The minimum absolute atomic E-state index is 0.0693. The van der Waals surface area contributed by atoms with Crippen molar-refractivity contribution in [3.8, 4) is 11.6 Å². The molecule has 2 aromatic rings. The van der Waals surface area contributed by atoms with Crippen LogP contribution in [-0.4, -0.2) is 14.9 Å². The van der Waals surface area contributed by atoms with Gasteiger partial charge in [-0.1, -0.05) is 0 Å². The molecule has 0 aliphatic rings. The standard InChI is InChI=1S/C10H9FN6O3/c11-5-1-2-7(6(3-5)17(18)19)20-9-4-8(16-13)14-10(12)15-9/h1-4H,13H2,(H3,12,14,15,16). The highest BCUT2D eigenvalue weighted by atomic mass is 19.1. The quantitative estimate of drug-likeness (QED) is 0.430. The van der Waals surface area contributed by atoms with Crippen LogP contribution < -0.4 is 21.7 Å². The number of ether oxygens (including phenoxy) is 1. The summed E-state index contributed by atoms with van der Waals surface area (Å²) in [6.45, 7) is 0. The number of nitrogen functional groups attached to an aromatic ring is 2. The molecule has 20 heavy (non-hydrogen) atoms. The monoisotopic (exact) mass is 280 g/mol. The average molecular weight is 280 g/mol. The molecule has 1 aromatic carbocycles. The van der Waals surface area contributed by atoms with Gasteiger partial charge in [0.25, 0.3) is 0 Å². The molecule has 0 radical (unpaired) electrons. The van der Waals surface area contributed by atoms with Gasteiger partial charge in [0.15, 0.2) is 0 Å². The van der Waals surface area contributed by atoms with E-state index in [4.69, 9.17) is 16.3 Å². The van der Waals surface area contributed by atoms with E-state index in [1.807, 2.05) is 0 Å². The molecule has 1 aromatic heterocycles. The Morgan fingerprint density at radius 3 is 2.75 bits per heavy atom. The number of aromatic nitrogens is 2. The molecule has 0 aliphatic carbocycles. The first-order chi connectivity index (χ1) is 9.49. The van der Waals surface area contributed by atoms with Crippen molar-refractivity contribution < 1.29 is 14.1 Å². The second kappa shape index (κ2) is 5.32. The SMILES string of the molecule is NNc1cc(Oc2ccc(F)cc2[N+](=O)[O-])nc(N)n1. The van der Waals surface area contributed by atoms with Gasteiger partial charge >= 0.3 is 5.69 Å². The fourth-order valence-electron chi connectivity index (χ4n) is 1.40. The number of hydrazine groups is 1. The van der Waals surface area contributed by atoms with Crippen LogP contribution in [-0.2, 0) is 0 Å². The van der Waals surface area contributed by atoms with Gasteiger partial charge in [0, 0.05) is 6.07 Å². The maximum absolute atomic E-state index is 13.0. The van der Waals surface area contributed by atoms with Gasteiger partial charge in [-0.2, -0.15) is 9.97 Å². The molecule has 5 N–H and O–H groups in total. The van der Waals surface area contributed by atoms with Crippen molar-refractivity contribution in [3.63, 3.8) is 0 Å². The second-order valence-electron chi connectivity index (χ2n) is 3.57. The van der Waals surface area contributed by atoms with Crippen molar-refractivity contribution in [3.05, 3.63) is 40.2 Å². The minimum atomic E-state index is -0.773. The second-order valence-corrected chi connectivity index (χ2v) is 3.57. The number of nitro groups is 1. The van der Waals surface area contributed by atoms with Crippen LogP contribution in [0.4, 0.5) is 21.8 Å². The Labute approximate surface area is 111 Å². The van der Waals surface area contributed by atoms with E-state index in [0.29, 0.717) is 0 Å². The summed E-state index contributed by atoms with van der Waals surface area (Å²) in [6, 6.07) is 4.15. The predicted molar refractivity (Wildman–Crippen MR) is 67.4 cm³/mol. The third kappa shape index (κ3) is 2.87. The molecule has 0 spiro atoms. The van der Waals surface area contributed by atoms with Gasteiger partial charge in [-0.25, -0.2) is 10.2 Å². The largest absolute Gasteiger partial charge is 0.432 e. The van der Waals surface area contributed by atoms with E-state index in [2.05, 4.69) is 15.4 Å². The number of benzene rings is 1. The number of nitrogens with zero attached hydrogens (tertiary/aromatic N) is 3. The third-order valence-electron chi connectivity index (χ3n) is 2.20. The molecule has 9 nitrogen and oxygen atoms in total. The van der Waals surface area contributed by atoms with Crippen LogP contribution in [0, 0.1) is 15.9 Å². The number of hydrogen-bond acceptors (Lipinski definition) is 8. The van der Waals surface area contributed by atoms with Crippen molar-refractivity contribution in [1.29, 1.82) is 0 Å². The van der Waals surface area contributed by atoms with Gasteiger partial charge in [0.2, 0.25) is 17.6 Å². The number of hydrogen-bond donors (Lipinski definition) is 3. The van der Waals surface area contributed by atoms with Crippen LogP contribution in [0.15, 0.2) is 24.3 Å². The summed E-state index contributed by atoms with van der Waals surface area (Å²) in [5.41, 5.74) is 7.12. The number of rotatable bonds is 4. The fraction of sp³-hybridized carbons (Fsp3) is 0. The van der Waals surface area contributed by atoms with Crippen LogP contribution in [0.1, 0.15) is 0 Å². The average Bonchev–Trinajstić information content (AvgIpc) is 2.40. The molecule has 2 rings (SSSR count). The molecule has 10 heteroatoms. The van der Waals surface area contributed by atoms with Crippen LogP contribution >= 0.6 is 0 Å². The van der Waals surface area contributed by atoms with Crippen LogP contribution in [0.3, 0.4) is 0 Å². The topological polar surface area (TPSA) is 142 Å². The lowest BCUT2D eigenvalue weighted by atomic mass is 10.3. The van der Waals surface area contributed by atoms with Gasteiger partial charge in [-0.05, 0) is 12.1 Å². The Hall–Kier alpha value is -3.01. The van der Waals surface area contributed by atoms with Crippen molar-refractivity contribution in [2.75, 3.05) is 11.2 Å². The van der Waals surface area contributed by atoms with Crippen LogP contribution in [0.2, 0.25) is 0 Å². The van der Waals surface area contributed by atoms with Crippen LogP contribution in [0.25, 0.3) is 0 Å². The van der Waals surface area contributed by atoms with Crippen molar-refractivity contribution in [2.45, 2.75) is 0 Å². The number of anilines is 2. The molecule has 0 saturated heterocycles. The maximum Gasteiger partial charge on any atom is 0.314 e. The summed E-state index contributed by atoms with van der Waals surface area (Å²) in [5, 5.41) is 10.8. The molecule has 0 atom stereocenters. The fourth-order valence-corrected chi connectivity index (χ4v) is 1.40. The van der Waals surface area contributed by atoms with Crippen molar-refractivity contribution in [2.24, 2.45) is 5.84 Å². The first kappa shape index (κ1) is 13.4. The van der Waals surface area contributed by atoms with E-state index in [0.717, 1.165) is 18.2 Å². The van der Waals surface area contributed by atoms with Gasteiger partial charge < -0.3 is 15.9 Å². The zero-order valence-electron chi connectivity index (χ0n) is 9.91. The molecular formula is C10H9FN6O3. The van der Waals surface area contributed by atoms with Gasteiger partial charge in [-0.3, -0.25) is 10.1 Å². The maximum atomic E-state index is 13.0. The third-order valence-corrected chi connectivity index (χ3v) is 2.20. The van der Waals surface area contributed by atoms with Gasteiger partial charge in [-0.15, -0.1) is 0 Å². The first-order valence-corrected chi connectivity index (χ1v) is 5.22. The summed E-state index contributed by atoms with van der Waals surface area (Å²) in [4.78, 5) is 17.5. The zero-order chi connectivity index (χ0) is 14.7. The van der Waals surface area contributed by atoms with E-state index in [9.17, 15) is 14.5 Å². The molecule has 1 heterocycles. The van der Waals surface area contributed by atoms with Crippen LogP contribution in [0.5, 0.6) is 11.6 Å². The molecule has 0 unspecified atom stereocenters. The molecule has 0 bridgehead atoms. The Morgan fingerprint density at radius 1 is 1.35 bits per heavy atom. The molecule has 0 fully saturated rings. The first-order valence-electron chi connectivity index (χ1n) is 5.22. The Morgan fingerprint density at radius 2 is 2.10 bits per heavy atom. The normalized spacial score (nSPS) is 10.1. The van der Waals surface area contributed by atoms with Crippen molar-refractivity contribution in [1.82, 2.24) is 9.97 Å². The number of nitrogens with two attached hydrogens (primary N) is 2. The smallest absolute Gasteiger partial charge is 0.314 e. The van der Waals surface area contributed by atoms with Gasteiger partial charge in [0.05, 0.1) is 11.0 Å². The van der Waals surface area contributed by atoms with E-state index in [-0.39, 0.29) is 23.4 Å². The molecule has 104 valence electrons. The highest BCUT2D eigenvalue weighted by molar-refractivity contribution is 5.49. The molecule has 0 amide bonds. The Balaban J connectivity index is 2.39. The lowest BCUT2D eigenvalue weighted by molar-refractivity contribution is -0.385.